The highest BCUT2D eigenvalue weighted by Crippen LogP contribution is 2.17. The SMILES string of the molecule is C[C@@H]1O[C@@H](C[N+](C)(C)C)CC1=O. The molecule has 0 aromatic carbocycles. The molecular weight excluding hydrogens is 154 g/mol. The van der Waals surface area contributed by atoms with Gasteiger partial charge < -0.3 is 9.22 Å². The molecule has 1 fully saturated rings. The third kappa shape index (κ3) is 2.57. The van der Waals surface area contributed by atoms with Crippen molar-refractivity contribution in [2.24, 2.45) is 0 Å². The largest absolute Gasteiger partial charge is 0.361 e. The van der Waals surface area contributed by atoms with Crippen LogP contribution in [0.5, 0.6) is 0 Å². The number of quaternary nitrogens is 1. The van der Waals surface area contributed by atoms with Crippen LogP contribution in [0.15, 0.2) is 0 Å². The van der Waals surface area contributed by atoms with Gasteiger partial charge in [-0.1, -0.05) is 0 Å². The number of likely N-dealkylation sites (N-methyl/N-ethyl adjacent to an activating group) is 1. The summed E-state index contributed by atoms with van der Waals surface area (Å²) in [5.74, 6) is 0.244. The maximum Gasteiger partial charge on any atom is 0.164 e. The van der Waals surface area contributed by atoms with E-state index in [0.717, 1.165) is 11.0 Å². The van der Waals surface area contributed by atoms with Gasteiger partial charge in [0, 0.05) is 6.42 Å². The van der Waals surface area contributed by atoms with Gasteiger partial charge in [-0.25, -0.2) is 0 Å². The summed E-state index contributed by atoms with van der Waals surface area (Å²) in [6.45, 7) is 2.74. The van der Waals surface area contributed by atoms with Crippen molar-refractivity contribution in [3.05, 3.63) is 0 Å². The summed E-state index contributed by atoms with van der Waals surface area (Å²) < 4.78 is 6.34. The van der Waals surface area contributed by atoms with Crippen LogP contribution in [0.1, 0.15) is 13.3 Å². The van der Waals surface area contributed by atoms with E-state index in [1.54, 1.807) is 0 Å². The van der Waals surface area contributed by atoms with Gasteiger partial charge in [-0.3, -0.25) is 4.79 Å². The lowest BCUT2D eigenvalue weighted by atomic mass is 10.2. The standard InChI is InChI=1S/C9H18NO2/c1-7-9(11)5-8(12-7)6-10(2,3)4/h7-8H,5-6H2,1-4H3/q+1/t7-,8+/m0/s1. The van der Waals surface area contributed by atoms with Crippen molar-refractivity contribution < 1.29 is 14.0 Å². The van der Waals surface area contributed by atoms with E-state index in [-0.39, 0.29) is 18.0 Å². The molecule has 12 heavy (non-hydrogen) atoms. The third-order valence-electron chi connectivity index (χ3n) is 2.03. The van der Waals surface area contributed by atoms with Crippen LogP contribution in [0.4, 0.5) is 0 Å². The van der Waals surface area contributed by atoms with Crippen molar-refractivity contribution in [3.8, 4) is 0 Å². The fraction of sp³-hybridized carbons (Fsp3) is 0.889. The molecule has 0 spiro atoms. The average Bonchev–Trinajstić information content (AvgIpc) is 2.07. The van der Waals surface area contributed by atoms with E-state index in [9.17, 15) is 4.79 Å². The molecule has 1 rings (SSSR count). The molecule has 0 N–H and O–H groups in total. The van der Waals surface area contributed by atoms with Crippen LogP contribution in [0.2, 0.25) is 0 Å². The first-order chi connectivity index (χ1) is 5.38. The summed E-state index contributed by atoms with van der Waals surface area (Å²) in [5.41, 5.74) is 0. The Kier molecular flexibility index (Phi) is 2.54. The van der Waals surface area contributed by atoms with Gasteiger partial charge in [0.05, 0.1) is 21.1 Å². The summed E-state index contributed by atoms with van der Waals surface area (Å²) in [6.07, 6.45) is 0.547. The van der Waals surface area contributed by atoms with Crippen molar-refractivity contribution in [1.82, 2.24) is 0 Å². The van der Waals surface area contributed by atoms with E-state index in [4.69, 9.17) is 4.74 Å². The molecule has 3 heteroatoms. The highest BCUT2D eigenvalue weighted by molar-refractivity contribution is 5.84. The summed E-state index contributed by atoms with van der Waals surface area (Å²) in [4.78, 5) is 11.1. The number of hydrogen-bond donors (Lipinski definition) is 0. The molecule has 0 radical (unpaired) electrons. The minimum atomic E-state index is -0.179. The van der Waals surface area contributed by atoms with Gasteiger partial charge in [0.2, 0.25) is 0 Å². The third-order valence-corrected chi connectivity index (χ3v) is 2.03. The number of rotatable bonds is 2. The van der Waals surface area contributed by atoms with Gasteiger partial charge in [-0.05, 0) is 6.92 Å². The van der Waals surface area contributed by atoms with Crippen molar-refractivity contribution in [2.75, 3.05) is 27.7 Å². The topological polar surface area (TPSA) is 26.3 Å². The van der Waals surface area contributed by atoms with Crippen LogP contribution in [0, 0.1) is 0 Å². The van der Waals surface area contributed by atoms with E-state index in [0.29, 0.717) is 6.42 Å². The Morgan fingerprint density at radius 2 is 2.08 bits per heavy atom. The number of hydrogen-bond acceptors (Lipinski definition) is 2. The van der Waals surface area contributed by atoms with Crippen LogP contribution in [-0.4, -0.2) is 50.2 Å². The van der Waals surface area contributed by atoms with Crippen LogP contribution < -0.4 is 0 Å². The molecule has 1 aliphatic heterocycles. The molecule has 0 unspecified atom stereocenters. The number of nitrogens with zero attached hydrogens (tertiary/aromatic N) is 1. The van der Waals surface area contributed by atoms with Crippen LogP contribution in [-0.2, 0) is 9.53 Å². The second-order valence-electron chi connectivity index (χ2n) is 4.54. The van der Waals surface area contributed by atoms with E-state index >= 15 is 0 Å². The maximum atomic E-state index is 11.1. The normalized spacial score (nSPS) is 31.2. The first-order valence-electron chi connectivity index (χ1n) is 4.37. The molecule has 0 aromatic heterocycles. The molecule has 2 atom stereocenters. The molecule has 1 saturated heterocycles. The molecule has 0 aromatic rings. The Hall–Kier alpha value is -0.410. The van der Waals surface area contributed by atoms with E-state index < -0.39 is 0 Å². The van der Waals surface area contributed by atoms with Crippen molar-refractivity contribution >= 4 is 5.78 Å². The lowest BCUT2D eigenvalue weighted by Gasteiger charge is -2.26. The van der Waals surface area contributed by atoms with Gasteiger partial charge in [-0.2, -0.15) is 0 Å². The number of Topliss-reactive ketones (excluding diaryl/α,β-unsaturated/α-hetero) is 1. The summed E-state index contributed by atoms with van der Waals surface area (Å²) in [7, 11) is 6.32. The van der Waals surface area contributed by atoms with Crippen LogP contribution >= 0.6 is 0 Å². The summed E-state index contributed by atoms with van der Waals surface area (Å²) in [5, 5.41) is 0. The van der Waals surface area contributed by atoms with Gasteiger partial charge in [-0.15, -0.1) is 0 Å². The summed E-state index contributed by atoms with van der Waals surface area (Å²) in [6, 6.07) is 0. The predicted molar refractivity (Wildman–Crippen MR) is 46.9 cm³/mol. The van der Waals surface area contributed by atoms with Crippen molar-refractivity contribution in [2.45, 2.75) is 25.6 Å². The molecule has 0 bridgehead atoms. The zero-order valence-electron chi connectivity index (χ0n) is 8.33. The quantitative estimate of drug-likeness (QED) is 0.565. The highest BCUT2D eigenvalue weighted by Gasteiger charge is 2.33. The van der Waals surface area contributed by atoms with Crippen molar-refractivity contribution in [1.29, 1.82) is 0 Å². The fourth-order valence-electron chi connectivity index (χ4n) is 1.52. The molecule has 1 aliphatic rings. The molecule has 3 nitrogen and oxygen atoms in total. The molecular formula is C9H18NO2+. The maximum absolute atomic E-state index is 11.1. The Labute approximate surface area is 73.9 Å². The molecule has 0 aliphatic carbocycles. The van der Waals surface area contributed by atoms with Crippen molar-refractivity contribution in [3.63, 3.8) is 0 Å². The fourth-order valence-corrected chi connectivity index (χ4v) is 1.52. The molecule has 70 valence electrons. The van der Waals surface area contributed by atoms with Gasteiger partial charge in [0.15, 0.2) is 5.78 Å². The molecule has 0 amide bonds. The first kappa shape index (κ1) is 9.68. The monoisotopic (exact) mass is 172 g/mol. The Morgan fingerprint density at radius 1 is 1.50 bits per heavy atom. The smallest absolute Gasteiger partial charge is 0.164 e. The number of ketones is 1. The van der Waals surface area contributed by atoms with E-state index in [1.807, 2.05) is 6.92 Å². The zero-order valence-corrected chi connectivity index (χ0v) is 8.33. The second kappa shape index (κ2) is 3.15. The van der Waals surface area contributed by atoms with E-state index in [2.05, 4.69) is 21.1 Å². The van der Waals surface area contributed by atoms with E-state index in [1.165, 1.54) is 0 Å². The van der Waals surface area contributed by atoms with Gasteiger partial charge in [0.1, 0.15) is 18.8 Å². The number of carbonyl (C=O) groups is 1. The van der Waals surface area contributed by atoms with Crippen LogP contribution in [0.3, 0.4) is 0 Å². The summed E-state index contributed by atoms with van der Waals surface area (Å²) >= 11 is 0. The minimum absolute atomic E-state index is 0.132. The van der Waals surface area contributed by atoms with Crippen LogP contribution in [0.25, 0.3) is 0 Å². The number of carbonyl (C=O) groups excluding carboxylic acids is 1. The van der Waals surface area contributed by atoms with Gasteiger partial charge >= 0.3 is 0 Å². The lowest BCUT2D eigenvalue weighted by Crippen LogP contribution is -2.41. The Morgan fingerprint density at radius 3 is 2.42 bits per heavy atom. The Balaban J connectivity index is 2.43. The highest BCUT2D eigenvalue weighted by atomic mass is 16.5. The Bertz CT molecular complexity index is 183. The minimum Gasteiger partial charge on any atom is -0.361 e. The zero-order chi connectivity index (χ0) is 9.35. The number of ether oxygens (including phenoxy) is 1. The lowest BCUT2D eigenvalue weighted by molar-refractivity contribution is -0.873. The van der Waals surface area contributed by atoms with Gasteiger partial charge in [0.25, 0.3) is 0 Å². The predicted octanol–water partition coefficient (Wildman–Crippen LogP) is 0.439. The second-order valence-corrected chi connectivity index (χ2v) is 4.54. The average molecular weight is 172 g/mol. The molecule has 1 heterocycles. The molecule has 0 saturated carbocycles. The first-order valence-corrected chi connectivity index (χ1v) is 4.37.